The summed E-state index contributed by atoms with van der Waals surface area (Å²) < 4.78 is 13.8. The van der Waals surface area contributed by atoms with Crippen LogP contribution < -0.4 is 10.6 Å². The molecule has 4 nitrogen and oxygen atoms in total. The van der Waals surface area contributed by atoms with E-state index in [1.54, 1.807) is 0 Å². The molecule has 0 aliphatic heterocycles. The van der Waals surface area contributed by atoms with E-state index in [4.69, 9.17) is 10.8 Å². The number of carbonyl (C=O) groups is 1. The third kappa shape index (κ3) is 3.62. The van der Waals surface area contributed by atoms with E-state index in [2.05, 4.69) is 13.8 Å². The van der Waals surface area contributed by atoms with Crippen molar-refractivity contribution in [3.05, 3.63) is 23.5 Å². The number of halogens is 1. The molecule has 1 rings (SSSR count). The summed E-state index contributed by atoms with van der Waals surface area (Å²) in [6, 6.07) is 2.42. The van der Waals surface area contributed by atoms with Gasteiger partial charge in [-0.05, 0) is 18.9 Å². The number of benzene rings is 1. The average molecular weight is 282 g/mol. The van der Waals surface area contributed by atoms with Gasteiger partial charge in [-0.1, -0.05) is 26.7 Å². The minimum absolute atomic E-state index is 0.302. The number of nitrogen functional groups attached to an aromatic ring is 1. The number of nitrogens with two attached hydrogens (primary N) is 1. The van der Waals surface area contributed by atoms with Crippen molar-refractivity contribution in [2.24, 2.45) is 5.92 Å². The van der Waals surface area contributed by atoms with Crippen LogP contribution in [0.25, 0.3) is 0 Å². The van der Waals surface area contributed by atoms with Crippen molar-refractivity contribution < 1.29 is 14.3 Å². The van der Waals surface area contributed by atoms with Crippen molar-refractivity contribution in [1.29, 1.82) is 0 Å². The van der Waals surface area contributed by atoms with E-state index in [1.165, 1.54) is 12.1 Å². The molecule has 0 amide bonds. The Bertz CT molecular complexity index is 473. The lowest BCUT2D eigenvalue weighted by Gasteiger charge is -2.28. The standard InChI is InChI=1S/C15H23FN2O2/c1-4-10(5-2)9-18(6-3)14-8-12(16)11(15(19)20)7-13(14)17/h7-8,10H,4-6,9,17H2,1-3H3,(H,19,20). The second-order valence-electron chi connectivity index (χ2n) is 4.92. The predicted molar refractivity (Wildman–Crippen MR) is 79.7 cm³/mol. The number of hydrogen-bond acceptors (Lipinski definition) is 3. The number of anilines is 2. The molecule has 1 aromatic carbocycles. The van der Waals surface area contributed by atoms with E-state index < -0.39 is 11.8 Å². The van der Waals surface area contributed by atoms with Gasteiger partial charge in [0, 0.05) is 19.2 Å². The van der Waals surface area contributed by atoms with Crippen LogP contribution in [0.4, 0.5) is 15.8 Å². The molecule has 0 aromatic heterocycles. The number of carboxylic acids is 1. The van der Waals surface area contributed by atoms with Gasteiger partial charge in [0.1, 0.15) is 5.82 Å². The highest BCUT2D eigenvalue weighted by Crippen LogP contribution is 2.28. The van der Waals surface area contributed by atoms with Gasteiger partial charge in [-0.15, -0.1) is 0 Å². The van der Waals surface area contributed by atoms with Crippen LogP contribution in [-0.4, -0.2) is 24.2 Å². The Morgan fingerprint density at radius 2 is 1.95 bits per heavy atom. The molecule has 0 unspecified atom stereocenters. The van der Waals surface area contributed by atoms with Gasteiger partial charge in [-0.25, -0.2) is 9.18 Å². The predicted octanol–water partition coefficient (Wildman–Crippen LogP) is 3.37. The van der Waals surface area contributed by atoms with E-state index >= 15 is 0 Å². The molecule has 0 heterocycles. The van der Waals surface area contributed by atoms with Crippen LogP contribution >= 0.6 is 0 Å². The highest BCUT2D eigenvalue weighted by atomic mass is 19.1. The van der Waals surface area contributed by atoms with Crippen molar-refractivity contribution in [2.45, 2.75) is 33.6 Å². The maximum Gasteiger partial charge on any atom is 0.338 e. The Morgan fingerprint density at radius 1 is 1.35 bits per heavy atom. The Labute approximate surface area is 119 Å². The van der Waals surface area contributed by atoms with Gasteiger partial charge >= 0.3 is 5.97 Å². The van der Waals surface area contributed by atoms with Gasteiger partial charge in [0.2, 0.25) is 0 Å². The first-order valence-corrected chi connectivity index (χ1v) is 7.01. The highest BCUT2D eigenvalue weighted by molar-refractivity contribution is 5.90. The van der Waals surface area contributed by atoms with E-state index in [-0.39, 0.29) is 5.56 Å². The van der Waals surface area contributed by atoms with Crippen molar-refractivity contribution in [1.82, 2.24) is 0 Å². The maximum absolute atomic E-state index is 13.8. The zero-order valence-electron chi connectivity index (χ0n) is 12.3. The van der Waals surface area contributed by atoms with Crippen molar-refractivity contribution in [2.75, 3.05) is 23.7 Å². The van der Waals surface area contributed by atoms with Crippen LogP contribution in [0.15, 0.2) is 12.1 Å². The summed E-state index contributed by atoms with van der Waals surface area (Å²) in [5, 5.41) is 8.89. The molecule has 3 N–H and O–H groups in total. The van der Waals surface area contributed by atoms with Crippen molar-refractivity contribution in [3.8, 4) is 0 Å². The normalized spacial score (nSPS) is 10.8. The van der Waals surface area contributed by atoms with Crippen LogP contribution in [0.5, 0.6) is 0 Å². The minimum Gasteiger partial charge on any atom is -0.478 e. The third-order valence-electron chi connectivity index (χ3n) is 3.70. The first-order valence-electron chi connectivity index (χ1n) is 7.01. The summed E-state index contributed by atoms with van der Waals surface area (Å²) in [6.45, 7) is 7.72. The number of carboxylic acid groups (broad SMARTS) is 1. The van der Waals surface area contributed by atoms with Crippen LogP contribution in [0.2, 0.25) is 0 Å². The molecule has 0 bridgehead atoms. The van der Waals surface area contributed by atoms with Crippen molar-refractivity contribution >= 4 is 17.3 Å². The van der Waals surface area contributed by atoms with E-state index in [9.17, 15) is 9.18 Å². The third-order valence-corrected chi connectivity index (χ3v) is 3.70. The van der Waals surface area contributed by atoms with Crippen LogP contribution in [0, 0.1) is 11.7 Å². The summed E-state index contributed by atoms with van der Waals surface area (Å²) in [7, 11) is 0. The molecule has 0 saturated heterocycles. The summed E-state index contributed by atoms with van der Waals surface area (Å²) >= 11 is 0. The summed E-state index contributed by atoms with van der Waals surface area (Å²) in [5.41, 5.74) is 6.38. The Hall–Kier alpha value is -1.78. The van der Waals surface area contributed by atoms with Crippen LogP contribution in [-0.2, 0) is 0 Å². The van der Waals surface area contributed by atoms with Gasteiger partial charge in [0.25, 0.3) is 0 Å². The van der Waals surface area contributed by atoms with Gasteiger partial charge in [0.05, 0.1) is 16.9 Å². The fourth-order valence-corrected chi connectivity index (χ4v) is 2.27. The largest absolute Gasteiger partial charge is 0.478 e. The molecule has 20 heavy (non-hydrogen) atoms. The number of hydrogen-bond donors (Lipinski definition) is 2. The Kier molecular flexibility index (Phi) is 5.80. The number of aromatic carboxylic acids is 1. The second kappa shape index (κ2) is 7.12. The van der Waals surface area contributed by atoms with Gasteiger partial charge < -0.3 is 15.7 Å². The lowest BCUT2D eigenvalue weighted by Crippen LogP contribution is -2.30. The van der Waals surface area contributed by atoms with Crippen LogP contribution in [0.3, 0.4) is 0 Å². The molecule has 0 fully saturated rings. The first-order chi connectivity index (χ1) is 9.44. The lowest BCUT2D eigenvalue weighted by molar-refractivity contribution is 0.0692. The lowest BCUT2D eigenvalue weighted by atomic mass is 10.0. The first kappa shape index (κ1) is 16.3. The molecule has 0 radical (unpaired) electrons. The van der Waals surface area contributed by atoms with E-state index in [0.717, 1.165) is 19.4 Å². The van der Waals surface area contributed by atoms with Crippen LogP contribution in [0.1, 0.15) is 44.0 Å². The smallest absolute Gasteiger partial charge is 0.338 e. The zero-order chi connectivity index (χ0) is 15.3. The zero-order valence-corrected chi connectivity index (χ0v) is 12.3. The molecule has 0 saturated carbocycles. The van der Waals surface area contributed by atoms with E-state index in [0.29, 0.717) is 23.8 Å². The Morgan fingerprint density at radius 3 is 2.40 bits per heavy atom. The molecule has 1 aromatic rings. The SMILES string of the molecule is CCC(CC)CN(CC)c1cc(F)c(C(=O)O)cc1N. The fraction of sp³-hybridized carbons (Fsp3) is 0.533. The molecule has 0 atom stereocenters. The fourth-order valence-electron chi connectivity index (χ4n) is 2.27. The monoisotopic (exact) mass is 282 g/mol. The Balaban J connectivity index is 3.10. The molecule has 5 heteroatoms. The summed E-state index contributed by atoms with van der Waals surface area (Å²) in [5.74, 6) is -1.54. The van der Waals surface area contributed by atoms with Gasteiger partial charge in [0.15, 0.2) is 0 Å². The number of nitrogens with zero attached hydrogens (tertiary/aromatic N) is 1. The molecule has 0 spiro atoms. The minimum atomic E-state index is -1.30. The van der Waals surface area contributed by atoms with Crippen molar-refractivity contribution in [3.63, 3.8) is 0 Å². The number of rotatable bonds is 7. The van der Waals surface area contributed by atoms with Gasteiger partial charge in [-0.3, -0.25) is 0 Å². The maximum atomic E-state index is 13.8. The quantitative estimate of drug-likeness (QED) is 0.752. The topological polar surface area (TPSA) is 66.6 Å². The van der Waals surface area contributed by atoms with Gasteiger partial charge in [-0.2, -0.15) is 0 Å². The highest BCUT2D eigenvalue weighted by Gasteiger charge is 2.18. The molecule has 0 aliphatic rings. The average Bonchev–Trinajstić information content (AvgIpc) is 2.42. The summed E-state index contributed by atoms with van der Waals surface area (Å²) in [6.07, 6.45) is 2.09. The molecular formula is C15H23FN2O2. The molecule has 112 valence electrons. The second-order valence-corrected chi connectivity index (χ2v) is 4.92. The summed E-state index contributed by atoms with van der Waals surface area (Å²) in [4.78, 5) is 12.9. The molecular weight excluding hydrogens is 259 g/mol. The van der Waals surface area contributed by atoms with E-state index in [1.807, 2.05) is 11.8 Å². The molecule has 0 aliphatic carbocycles.